The Bertz CT molecular complexity index is 1140. The first-order valence-electron chi connectivity index (χ1n) is 14.0. The summed E-state index contributed by atoms with van der Waals surface area (Å²) < 4.78 is 29.8. The number of amides is 3. The van der Waals surface area contributed by atoms with Crippen LogP contribution in [0, 0.1) is 5.92 Å². The number of rotatable bonds is 14. The Morgan fingerprint density at radius 2 is 1.55 bits per heavy atom. The second-order valence-electron chi connectivity index (χ2n) is 10.6. The van der Waals surface area contributed by atoms with Gasteiger partial charge in [0.25, 0.3) is 5.91 Å². The van der Waals surface area contributed by atoms with Crippen LogP contribution in [-0.4, -0.2) is 53.0 Å². The molecule has 1 aliphatic heterocycles. The number of nitrogens with zero attached hydrogens (tertiary/aromatic N) is 1. The second-order valence-corrected chi connectivity index (χ2v) is 10.6. The first kappa shape index (κ1) is 30.9. The minimum atomic E-state index is -4.33. The van der Waals surface area contributed by atoms with Gasteiger partial charge in [-0.3, -0.25) is 19.2 Å². The van der Waals surface area contributed by atoms with Gasteiger partial charge < -0.3 is 15.5 Å². The Labute approximate surface area is 234 Å². The van der Waals surface area contributed by atoms with Gasteiger partial charge in [-0.05, 0) is 49.1 Å². The topological polar surface area (TPSA) is 95.6 Å². The summed E-state index contributed by atoms with van der Waals surface area (Å²) in [6.07, 6.45) is 4.74. The number of likely N-dealkylation sites (tertiary alicyclic amines) is 1. The van der Waals surface area contributed by atoms with Crippen molar-refractivity contribution >= 4 is 23.5 Å². The van der Waals surface area contributed by atoms with E-state index in [2.05, 4.69) is 22.8 Å². The molecule has 0 bridgehead atoms. The lowest BCUT2D eigenvalue weighted by Crippen LogP contribution is -2.58. The monoisotopic (exact) mass is 555 g/mol. The van der Waals surface area contributed by atoms with Crippen LogP contribution in [0.3, 0.4) is 0 Å². The minimum absolute atomic E-state index is 0.157. The van der Waals surface area contributed by atoms with Gasteiger partial charge in [-0.1, -0.05) is 80.9 Å². The molecule has 0 aliphatic carbocycles. The van der Waals surface area contributed by atoms with Crippen LogP contribution in [0.5, 0.6) is 0 Å². The minimum Gasteiger partial charge on any atom is -0.346 e. The molecule has 9 heteroatoms. The van der Waals surface area contributed by atoms with E-state index in [1.165, 1.54) is 24.3 Å². The molecule has 1 saturated heterocycles. The summed E-state index contributed by atoms with van der Waals surface area (Å²) in [5, 5.41) is 4.54. The molecule has 0 spiro atoms. The van der Waals surface area contributed by atoms with Crippen LogP contribution >= 0.6 is 0 Å². The molecule has 2 unspecified atom stereocenters. The van der Waals surface area contributed by atoms with Crippen LogP contribution in [0.1, 0.15) is 63.5 Å². The van der Waals surface area contributed by atoms with Crippen LogP contribution < -0.4 is 10.6 Å². The van der Waals surface area contributed by atoms with E-state index in [0.29, 0.717) is 37.8 Å². The molecule has 2 N–H and O–H groups in total. The first-order chi connectivity index (χ1) is 19.1. The van der Waals surface area contributed by atoms with Crippen LogP contribution in [0.15, 0.2) is 60.7 Å². The van der Waals surface area contributed by atoms with E-state index < -0.39 is 41.5 Å². The largest absolute Gasteiger partial charge is 0.383 e. The number of unbranched alkanes of at least 4 members (excludes halogenated alkanes) is 2. The molecular formula is C31H39F2N3O4. The molecule has 216 valence electrons. The number of hydrogen-bond acceptors (Lipinski definition) is 4. The summed E-state index contributed by atoms with van der Waals surface area (Å²) in [6, 6.07) is 16.2. The molecule has 0 radical (unpaired) electrons. The Morgan fingerprint density at radius 1 is 0.925 bits per heavy atom. The van der Waals surface area contributed by atoms with Crippen LogP contribution in [0.2, 0.25) is 0 Å². The average Bonchev–Trinajstić information content (AvgIpc) is 3.45. The molecule has 1 aliphatic rings. The molecule has 3 amide bonds. The number of ketones is 1. The number of alkyl halides is 2. The SMILES string of the molecule is CC(C)C(NC(=O)C1CCCN1C(=O)CCCCCc1ccccc1)C(=O)C(F)(F)C(=O)NCc1ccccc1. The van der Waals surface area contributed by atoms with Gasteiger partial charge in [-0.25, -0.2) is 0 Å². The molecule has 1 fully saturated rings. The van der Waals surface area contributed by atoms with Gasteiger partial charge >= 0.3 is 5.92 Å². The van der Waals surface area contributed by atoms with Crippen LogP contribution in [0.25, 0.3) is 0 Å². The van der Waals surface area contributed by atoms with Crippen LogP contribution in [0.4, 0.5) is 8.78 Å². The van der Waals surface area contributed by atoms with E-state index in [4.69, 9.17) is 0 Å². The summed E-state index contributed by atoms with van der Waals surface area (Å²) in [7, 11) is 0. The van der Waals surface area contributed by atoms with Gasteiger partial charge in [0.15, 0.2) is 0 Å². The second kappa shape index (κ2) is 14.7. The van der Waals surface area contributed by atoms with Gasteiger partial charge in [0.05, 0.1) is 6.04 Å². The van der Waals surface area contributed by atoms with E-state index >= 15 is 0 Å². The van der Waals surface area contributed by atoms with Crippen molar-refractivity contribution < 1.29 is 28.0 Å². The highest BCUT2D eigenvalue weighted by Gasteiger charge is 2.51. The molecule has 0 saturated carbocycles. The number of carbonyl (C=O) groups excluding carboxylic acids is 4. The summed E-state index contributed by atoms with van der Waals surface area (Å²) >= 11 is 0. The Hall–Kier alpha value is -3.62. The smallest absolute Gasteiger partial charge is 0.346 e. The molecule has 2 aromatic rings. The molecule has 7 nitrogen and oxygen atoms in total. The summed E-state index contributed by atoms with van der Waals surface area (Å²) in [4.78, 5) is 52.6. The fourth-order valence-electron chi connectivity index (χ4n) is 4.89. The fourth-order valence-corrected chi connectivity index (χ4v) is 4.89. The van der Waals surface area contributed by atoms with E-state index in [1.807, 2.05) is 18.2 Å². The lowest BCUT2D eigenvalue weighted by Gasteiger charge is -2.29. The molecule has 1 heterocycles. The zero-order valence-corrected chi connectivity index (χ0v) is 23.2. The average molecular weight is 556 g/mol. The number of carbonyl (C=O) groups is 4. The Balaban J connectivity index is 1.52. The van der Waals surface area contributed by atoms with Gasteiger partial charge in [0.1, 0.15) is 6.04 Å². The maximum absolute atomic E-state index is 14.9. The van der Waals surface area contributed by atoms with E-state index in [1.54, 1.807) is 30.3 Å². The Kier molecular flexibility index (Phi) is 11.3. The maximum atomic E-state index is 14.9. The highest BCUT2D eigenvalue weighted by Crippen LogP contribution is 2.24. The van der Waals surface area contributed by atoms with Crippen LogP contribution in [-0.2, 0) is 32.1 Å². The van der Waals surface area contributed by atoms with Crippen molar-refractivity contribution in [3.63, 3.8) is 0 Å². The number of halogens is 2. The van der Waals surface area contributed by atoms with Crippen molar-refractivity contribution in [3.05, 3.63) is 71.8 Å². The highest BCUT2D eigenvalue weighted by atomic mass is 19.3. The molecule has 3 rings (SSSR count). The summed E-state index contributed by atoms with van der Waals surface area (Å²) in [5.74, 6) is -9.22. The van der Waals surface area contributed by atoms with Crippen molar-refractivity contribution in [2.75, 3.05) is 6.54 Å². The predicted octanol–water partition coefficient (Wildman–Crippen LogP) is 4.44. The van der Waals surface area contributed by atoms with E-state index in [9.17, 15) is 28.0 Å². The zero-order valence-electron chi connectivity index (χ0n) is 23.2. The third kappa shape index (κ3) is 8.44. The Morgan fingerprint density at radius 3 is 2.17 bits per heavy atom. The molecule has 2 atom stereocenters. The molecule has 0 aromatic heterocycles. The summed E-state index contributed by atoms with van der Waals surface area (Å²) in [5.41, 5.74) is 1.86. The number of hydrogen-bond donors (Lipinski definition) is 2. The van der Waals surface area contributed by atoms with Crippen molar-refractivity contribution in [3.8, 4) is 0 Å². The van der Waals surface area contributed by atoms with E-state index in [-0.39, 0.29) is 12.5 Å². The highest BCUT2D eigenvalue weighted by molar-refractivity contribution is 6.10. The summed E-state index contributed by atoms with van der Waals surface area (Å²) in [6.45, 7) is 3.29. The maximum Gasteiger partial charge on any atom is 0.383 e. The number of aryl methyl sites for hydroxylation is 1. The third-order valence-electron chi connectivity index (χ3n) is 7.21. The van der Waals surface area contributed by atoms with Crippen molar-refractivity contribution in [1.29, 1.82) is 0 Å². The molecular weight excluding hydrogens is 516 g/mol. The lowest BCUT2D eigenvalue weighted by atomic mass is 9.94. The normalized spacial score (nSPS) is 16.0. The lowest BCUT2D eigenvalue weighted by molar-refractivity contribution is -0.161. The third-order valence-corrected chi connectivity index (χ3v) is 7.21. The first-order valence-corrected chi connectivity index (χ1v) is 14.0. The van der Waals surface area contributed by atoms with Gasteiger partial charge in [0.2, 0.25) is 17.6 Å². The zero-order chi connectivity index (χ0) is 29.1. The number of nitrogens with one attached hydrogen (secondary N) is 2. The molecule has 40 heavy (non-hydrogen) atoms. The standard InChI is InChI=1S/C31H39F2N3O4/c1-22(2)27(28(38)31(32,33)30(40)34-21-24-16-9-4-10-17-24)35-29(39)25-18-12-20-36(25)26(37)19-11-5-8-15-23-13-6-3-7-14-23/h3-4,6-7,9-10,13-14,16-17,22,25,27H,5,8,11-12,15,18-21H2,1-2H3,(H,34,40)(H,35,39). The van der Waals surface area contributed by atoms with E-state index in [0.717, 1.165) is 19.3 Å². The van der Waals surface area contributed by atoms with Gasteiger partial charge in [-0.2, -0.15) is 8.78 Å². The number of Topliss-reactive ketones (excluding diaryl/α,β-unsaturated/α-hetero) is 1. The number of benzene rings is 2. The van der Waals surface area contributed by atoms with Crippen molar-refractivity contribution in [2.24, 2.45) is 5.92 Å². The van der Waals surface area contributed by atoms with Crippen molar-refractivity contribution in [2.45, 2.75) is 83.3 Å². The van der Waals surface area contributed by atoms with Gasteiger partial charge in [-0.15, -0.1) is 0 Å². The fraction of sp³-hybridized carbons (Fsp3) is 0.484. The quantitative estimate of drug-likeness (QED) is 0.266. The van der Waals surface area contributed by atoms with Gasteiger partial charge in [0, 0.05) is 19.5 Å². The predicted molar refractivity (Wildman–Crippen MR) is 148 cm³/mol. The molecule has 2 aromatic carbocycles. The van der Waals surface area contributed by atoms with Crippen molar-refractivity contribution in [1.82, 2.24) is 15.5 Å².